The van der Waals surface area contributed by atoms with E-state index in [0.717, 1.165) is 45.2 Å². The average molecular weight is 491 g/mol. The highest BCUT2D eigenvalue weighted by molar-refractivity contribution is 5.81. The highest BCUT2D eigenvalue weighted by atomic mass is 16.5. The van der Waals surface area contributed by atoms with Gasteiger partial charge in [-0.15, -0.1) is 0 Å². The van der Waals surface area contributed by atoms with Gasteiger partial charge in [-0.05, 0) is 53.6 Å². The number of ether oxygens (including phenoxy) is 1. The molecule has 182 valence electrons. The monoisotopic (exact) mass is 490 g/mol. The van der Waals surface area contributed by atoms with Crippen molar-refractivity contribution in [1.29, 1.82) is 0 Å². The van der Waals surface area contributed by atoms with Gasteiger partial charge in [0.15, 0.2) is 0 Å². The van der Waals surface area contributed by atoms with Gasteiger partial charge in [0.25, 0.3) is 0 Å². The first-order valence-electron chi connectivity index (χ1n) is 12.8. The van der Waals surface area contributed by atoms with Gasteiger partial charge in [0.2, 0.25) is 11.4 Å². The van der Waals surface area contributed by atoms with Crippen LogP contribution in [0, 0.1) is 0 Å². The summed E-state index contributed by atoms with van der Waals surface area (Å²) >= 11 is 0. The van der Waals surface area contributed by atoms with E-state index < -0.39 is 0 Å². The predicted molar refractivity (Wildman–Crippen MR) is 156 cm³/mol. The van der Waals surface area contributed by atoms with E-state index in [1.807, 2.05) is 36.4 Å². The van der Waals surface area contributed by atoms with Crippen LogP contribution in [0.1, 0.15) is 16.7 Å². The maximum absolute atomic E-state index is 6.41. The van der Waals surface area contributed by atoms with Crippen molar-refractivity contribution in [3.05, 3.63) is 168 Å². The summed E-state index contributed by atoms with van der Waals surface area (Å²) in [5, 5.41) is 0. The topological polar surface area (TPSA) is 13.1 Å². The Kier molecular flexibility index (Phi) is 6.53. The number of rotatable bonds is 5. The molecule has 0 atom stereocenters. The summed E-state index contributed by atoms with van der Waals surface area (Å²) in [6.45, 7) is 0. The molecule has 2 heteroatoms. The van der Waals surface area contributed by atoms with Gasteiger partial charge in [0.05, 0.1) is 0 Å². The predicted octanol–water partition coefficient (Wildman–Crippen LogP) is 8.34. The Morgan fingerprint density at radius 3 is 1.26 bits per heavy atom. The molecule has 1 aromatic heterocycles. The van der Waals surface area contributed by atoms with Crippen LogP contribution in [0.4, 0.5) is 0 Å². The lowest BCUT2D eigenvalue weighted by Crippen LogP contribution is -2.34. The molecule has 0 bridgehead atoms. The van der Waals surface area contributed by atoms with E-state index in [1.54, 1.807) is 0 Å². The number of pyridine rings is 1. The van der Waals surface area contributed by atoms with Crippen LogP contribution in [0.3, 0.4) is 0 Å². The van der Waals surface area contributed by atoms with Crippen LogP contribution in [0.5, 0.6) is 0 Å². The molecular weight excluding hydrogens is 462 g/mol. The molecule has 0 saturated heterocycles. The van der Waals surface area contributed by atoms with Crippen LogP contribution in [-0.2, 0) is 11.8 Å². The Labute approximate surface area is 224 Å². The van der Waals surface area contributed by atoms with E-state index in [1.165, 1.54) is 11.1 Å². The first-order chi connectivity index (χ1) is 18.7. The smallest absolute Gasteiger partial charge is 0.213 e. The summed E-state index contributed by atoms with van der Waals surface area (Å²) in [7, 11) is 2.14. The molecule has 0 aliphatic carbocycles. The number of benzene rings is 4. The van der Waals surface area contributed by atoms with Crippen molar-refractivity contribution in [1.82, 2.24) is 0 Å². The van der Waals surface area contributed by atoms with E-state index >= 15 is 0 Å². The van der Waals surface area contributed by atoms with Crippen molar-refractivity contribution >= 4 is 17.6 Å². The second-order valence-electron chi connectivity index (χ2n) is 9.35. The molecule has 0 radical (unpaired) electrons. The Morgan fingerprint density at radius 1 is 0.500 bits per heavy atom. The summed E-state index contributed by atoms with van der Waals surface area (Å²) in [4.78, 5) is 0. The minimum atomic E-state index is 0.839. The van der Waals surface area contributed by atoms with Crippen molar-refractivity contribution < 1.29 is 9.30 Å². The molecule has 0 fully saturated rings. The molecule has 2 heterocycles. The lowest BCUT2D eigenvalue weighted by molar-refractivity contribution is -0.649. The van der Waals surface area contributed by atoms with Gasteiger partial charge in [0, 0.05) is 34.4 Å². The van der Waals surface area contributed by atoms with Crippen LogP contribution in [0.25, 0.3) is 40.1 Å². The number of nitrogens with zero attached hydrogens (tertiary/aromatic N) is 1. The van der Waals surface area contributed by atoms with E-state index in [-0.39, 0.29) is 0 Å². The molecule has 0 saturated carbocycles. The van der Waals surface area contributed by atoms with Gasteiger partial charge in [-0.1, -0.05) is 97.1 Å². The van der Waals surface area contributed by atoms with Crippen molar-refractivity contribution in [2.24, 2.45) is 7.05 Å². The van der Waals surface area contributed by atoms with Crippen molar-refractivity contribution in [3.8, 4) is 22.5 Å². The van der Waals surface area contributed by atoms with E-state index in [2.05, 4.69) is 127 Å². The van der Waals surface area contributed by atoms with Gasteiger partial charge in [-0.2, -0.15) is 4.57 Å². The third-order valence-corrected chi connectivity index (χ3v) is 6.73. The number of allylic oxidation sites excluding steroid dienone is 3. The summed E-state index contributed by atoms with van der Waals surface area (Å²) in [5.41, 5.74) is 8.99. The average Bonchev–Trinajstić information content (AvgIpc) is 2.99. The van der Waals surface area contributed by atoms with Crippen molar-refractivity contribution in [2.45, 2.75) is 0 Å². The fraction of sp³-hybridized carbons (Fsp3) is 0.0278. The number of aromatic nitrogens is 1. The van der Waals surface area contributed by atoms with Crippen LogP contribution < -0.4 is 4.57 Å². The molecule has 38 heavy (non-hydrogen) atoms. The van der Waals surface area contributed by atoms with Crippen LogP contribution in [0.2, 0.25) is 0 Å². The van der Waals surface area contributed by atoms with Gasteiger partial charge >= 0.3 is 0 Å². The summed E-state index contributed by atoms with van der Waals surface area (Å²) in [6, 6.07) is 46.2. The van der Waals surface area contributed by atoms with Gasteiger partial charge in [-0.3, -0.25) is 0 Å². The summed E-state index contributed by atoms with van der Waals surface area (Å²) in [6.07, 6.45) is 6.49. The largest absolute Gasteiger partial charge is 0.456 e. The van der Waals surface area contributed by atoms with Crippen LogP contribution >= 0.6 is 0 Å². The standard InChI is InChI=1S/C36H28NO/c1-37-33(29-14-6-2-7-15-29)23-27(24-34(37)30-16-8-3-9-17-30)22-28-25-35(31-18-10-4-11-19-31)38-36(26-28)32-20-12-5-13-21-32/h2-26H,1H3/q+1. The fourth-order valence-corrected chi connectivity index (χ4v) is 4.82. The molecule has 0 amide bonds. The van der Waals surface area contributed by atoms with Gasteiger partial charge < -0.3 is 4.74 Å². The fourth-order valence-electron chi connectivity index (χ4n) is 4.82. The molecule has 0 spiro atoms. The maximum Gasteiger partial charge on any atom is 0.213 e. The Bertz CT molecular complexity index is 1530. The molecule has 0 N–H and O–H groups in total. The molecular formula is C36H28NO+. The highest BCUT2D eigenvalue weighted by Gasteiger charge is 2.19. The first kappa shape index (κ1) is 23.4. The zero-order valence-corrected chi connectivity index (χ0v) is 21.3. The van der Waals surface area contributed by atoms with Gasteiger partial charge in [-0.25, -0.2) is 0 Å². The molecule has 1 aliphatic rings. The Balaban J connectivity index is 1.52. The second-order valence-corrected chi connectivity index (χ2v) is 9.35. The number of hydrogen-bond acceptors (Lipinski definition) is 1. The lowest BCUT2D eigenvalue weighted by atomic mass is 9.99. The molecule has 0 unspecified atom stereocenters. The molecule has 6 rings (SSSR count). The minimum absolute atomic E-state index is 0.839. The normalized spacial score (nSPS) is 12.8. The third-order valence-electron chi connectivity index (χ3n) is 6.73. The van der Waals surface area contributed by atoms with E-state index in [4.69, 9.17) is 4.74 Å². The quantitative estimate of drug-likeness (QED) is 0.226. The summed E-state index contributed by atoms with van der Waals surface area (Å²) in [5.74, 6) is 1.68. The first-order valence-corrected chi connectivity index (χ1v) is 12.8. The zero-order valence-electron chi connectivity index (χ0n) is 21.3. The molecule has 1 aliphatic heterocycles. The maximum atomic E-state index is 6.41. The van der Waals surface area contributed by atoms with Crippen molar-refractivity contribution in [2.75, 3.05) is 0 Å². The second kappa shape index (κ2) is 10.6. The van der Waals surface area contributed by atoms with E-state index in [9.17, 15) is 0 Å². The third kappa shape index (κ3) is 4.98. The minimum Gasteiger partial charge on any atom is -0.456 e. The lowest BCUT2D eigenvalue weighted by Gasteiger charge is -2.19. The SMILES string of the molecule is C[n+]1c(-c2ccccc2)cc(C=C2C=C(c3ccccc3)OC(c3ccccc3)=C2)cc1-c1ccccc1. The molecule has 4 aromatic carbocycles. The molecule has 2 nitrogen and oxygen atoms in total. The highest BCUT2D eigenvalue weighted by Crippen LogP contribution is 2.33. The zero-order chi connectivity index (χ0) is 25.7. The molecule has 5 aromatic rings. The Hall–Kier alpha value is -4.95. The number of hydrogen-bond donors (Lipinski definition) is 0. The van der Waals surface area contributed by atoms with Crippen LogP contribution in [0.15, 0.2) is 151 Å². The van der Waals surface area contributed by atoms with Crippen LogP contribution in [-0.4, -0.2) is 0 Å². The Morgan fingerprint density at radius 2 is 0.868 bits per heavy atom. The summed E-state index contributed by atoms with van der Waals surface area (Å²) < 4.78 is 8.68. The van der Waals surface area contributed by atoms with E-state index in [0.29, 0.717) is 0 Å². The van der Waals surface area contributed by atoms with Crippen molar-refractivity contribution in [3.63, 3.8) is 0 Å². The van der Waals surface area contributed by atoms with Gasteiger partial charge in [0.1, 0.15) is 18.6 Å².